The largest absolute Gasteiger partial charge is 0.479 e. The molecule has 110 valence electrons. The first kappa shape index (κ1) is 15.3. The molecular weight excluding hydrogens is 293 g/mol. The number of halogens is 2. The summed E-state index contributed by atoms with van der Waals surface area (Å²) in [6.07, 6.45) is 0.292. The minimum absolute atomic E-state index is 0.292. The van der Waals surface area contributed by atoms with E-state index in [1.807, 2.05) is 0 Å². The van der Waals surface area contributed by atoms with Crippen molar-refractivity contribution in [2.24, 2.45) is 0 Å². The molecule has 0 aromatic heterocycles. The third-order valence-electron chi connectivity index (χ3n) is 3.41. The minimum Gasteiger partial charge on any atom is -0.479 e. The molecule has 2 aromatic rings. The van der Waals surface area contributed by atoms with E-state index in [4.69, 9.17) is 11.6 Å². The van der Waals surface area contributed by atoms with Gasteiger partial charge in [-0.1, -0.05) is 36.7 Å². The van der Waals surface area contributed by atoms with Crippen molar-refractivity contribution in [1.82, 2.24) is 0 Å². The minimum atomic E-state index is -1.33. The second-order valence-electron chi connectivity index (χ2n) is 4.71. The standard InChI is InChI=1S/C16H15ClFNO2/c1-2-16(15(20)21,11-6-8-13(18)9-7-11)19-14-5-3-4-12(17)10-14/h3-10,19H,2H2,1H3,(H,20,21). The van der Waals surface area contributed by atoms with E-state index in [2.05, 4.69) is 5.32 Å². The first-order valence-corrected chi connectivity index (χ1v) is 6.89. The lowest BCUT2D eigenvalue weighted by molar-refractivity contribution is -0.142. The zero-order valence-corrected chi connectivity index (χ0v) is 12.2. The quantitative estimate of drug-likeness (QED) is 0.866. The summed E-state index contributed by atoms with van der Waals surface area (Å²) in [5.74, 6) is -1.44. The molecule has 2 aromatic carbocycles. The number of carbonyl (C=O) groups is 1. The predicted molar refractivity (Wildman–Crippen MR) is 81.1 cm³/mol. The van der Waals surface area contributed by atoms with Gasteiger partial charge in [0.05, 0.1) is 0 Å². The van der Waals surface area contributed by atoms with Crippen LogP contribution < -0.4 is 5.32 Å². The van der Waals surface area contributed by atoms with Crippen molar-refractivity contribution in [2.45, 2.75) is 18.9 Å². The maximum absolute atomic E-state index is 13.1. The number of nitrogens with one attached hydrogen (secondary N) is 1. The molecule has 5 heteroatoms. The van der Waals surface area contributed by atoms with Crippen LogP contribution in [-0.2, 0) is 10.3 Å². The van der Waals surface area contributed by atoms with E-state index in [1.165, 1.54) is 24.3 Å². The molecule has 0 aliphatic heterocycles. The molecule has 2 rings (SSSR count). The molecule has 2 N–H and O–H groups in total. The van der Waals surface area contributed by atoms with Crippen molar-refractivity contribution in [3.05, 3.63) is 64.9 Å². The molecule has 0 aliphatic carbocycles. The number of benzene rings is 2. The molecule has 0 saturated carbocycles. The van der Waals surface area contributed by atoms with Crippen LogP contribution in [0.15, 0.2) is 48.5 Å². The summed E-state index contributed by atoms with van der Waals surface area (Å²) in [5.41, 5.74) is -0.256. The molecule has 0 amide bonds. The summed E-state index contributed by atoms with van der Waals surface area (Å²) < 4.78 is 13.1. The number of aliphatic carboxylic acids is 1. The Bertz CT molecular complexity index is 645. The fraction of sp³-hybridized carbons (Fsp3) is 0.188. The second kappa shape index (κ2) is 6.14. The van der Waals surface area contributed by atoms with Crippen molar-refractivity contribution in [2.75, 3.05) is 5.32 Å². The topological polar surface area (TPSA) is 49.3 Å². The van der Waals surface area contributed by atoms with E-state index in [0.717, 1.165) is 0 Å². The van der Waals surface area contributed by atoms with Gasteiger partial charge in [-0.2, -0.15) is 0 Å². The van der Waals surface area contributed by atoms with Gasteiger partial charge in [0.25, 0.3) is 0 Å². The van der Waals surface area contributed by atoms with Crippen LogP contribution in [0.25, 0.3) is 0 Å². The Hall–Kier alpha value is -2.07. The van der Waals surface area contributed by atoms with Gasteiger partial charge in [-0.15, -0.1) is 0 Å². The van der Waals surface area contributed by atoms with Gasteiger partial charge in [0.1, 0.15) is 5.82 Å². The Morgan fingerprint density at radius 2 is 1.95 bits per heavy atom. The highest BCUT2D eigenvalue weighted by Crippen LogP contribution is 2.31. The van der Waals surface area contributed by atoms with E-state index in [-0.39, 0.29) is 0 Å². The lowest BCUT2D eigenvalue weighted by Gasteiger charge is -2.31. The second-order valence-corrected chi connectivity index (χ2v) is 5.14. The molecule has 0 spiro atoms. The molecule has 0 aliphatic rings. The maximum atomic E-state index is 13.1. The summed E-state index contributed by atoms with van der Waals surface area (Å²) in [4.78, 5) is 11.8. The highest BCUT2D eigenvalue weighted by molar-refractivity contribution is 6.30. The van der Waals surface area contributed by atoms with E-state index in [1.54, 1.807) is 31.2 Å². The van der Waals surface area contributed by atoms with Crippen LogP contribution in [0.3, 0.4) is 0 Å². The highest BCUT2D eigenvalue weighted by atomic mass is 35.5. The normalized spacial score (nSPS) is 13.5. The number of anilines is 1. The smallest absolute Gasteiger partial charge is 0.334 e. The van der Waals surface area contributed by atoms with Crippen molar-refractivity contribution >= 4 is 23.3 Å². The molecule has 0 heterocycles. The van der Waals surface area contributed by atoms with Crippen LogP contribution in [0.5, 0.6) is 0 Å². The van der Waals surface area contributed by atoms with Crippen LogP contribution in [0, 0.1) is 5.82 Å². The monoisotopic (exact) mass is 307 g/mol. The SMILES string of the molecule is CCC(Nc1cccc(Cl)c1)(C(=O)O)c1ccc(F)cc1. The number of rotatable bonds is 5. The Kier molecular flexibility index (Phi) is 4.48. The van der Waals surface area contributed by atoms with Gasteiger partial charge in [-0.3, -0.25) is 0 Å². The van der Waals surface area contributed by atoms with E-state index >= 15 is 0 Å². The van der Waals surface area contributed by atoms with Crippen molar-refractivity contribution in [3.8, 4) is 0 Å². The van der Waals surface area contributed by atoms with Crippen LogP contribution >= 0.6 is 11.6 Å². The summed E-state index contributed by atoms with van der Waals surface area (Å²) in [6.45, 7) is 1.76. The Morgan fingerprint density at radius 1 is 1.29 bits per heavy atom. The van der Waals surface area contributed by atoms with Gasteiger partial charge < -0.3 is 10.4 Å². The first-order chi connectivity index (χ1) is 9.98. The van der Waals surface area contributed by atoms with Crippen LogP contribution in [0.1, 0.15) is 18.9 Å². The van der Waals surface area contributed by atoms with Crippen molar-refractivity contribution in [3.63, 3.8) is 0 Å². The molecule has 0 bridgehead atoms. The summed E-state index contributed by atoms with van der Waals surface area (Å²) >= 11 is 5.93. The van der Waals surface area contributed by atoms with E-state index in [9.17, 15) is 14.3 Å². The fourth-order valence-electron chi connectivity index (χ4n) is 2.24. The van der Waals surface area contributed by atoms with Gasteiger partial charge in [0, 0.05) is 10.7 Å². The Labute approximate surface area is 127 Å². The Balaban J connectivity index is 2.46. The van der Waals surface area contributed by atoms with Gasteiger partial charge in [0.2, 0.25) is 0 Å². The van der Waals surface area contributed by atoms with Gasteiger partial charge in [-0.05, 0) is 42.3 Å². The number of carboxylic acids is 1. The van der Waals surface area contributed by atoms with Gasteiger partial charge in [0.15, 0.2) is 5.54 Å². The fourth-order valence-corrected chi connectivity index (χ4v) is 2.43. The molecule has 1 atom stereocenters. The summed E-state index contributed by atoms with van der Waals surface area (Å²) in [5, 5.41) is 13.2. The molecular formula is C16H15ClFNO2. The molecule has 21 heavy (non-hydrogen) atoms. The average Bonchev–Trinajstić information content (AvgIpc) is 2.45. The molecule has 1 unspecified atom stereocenters. The zero-order chi connectivity index (χ0) is 15.5. The molecule has 0 saturated heterocycles. The summed E-state index contributed by atoms with van der Waals surface area (Å²) in [6, 6.07) is 12.3. The maximum Gasteiger partial charge on any atom is 0.334 e. The lowest BCUT2D eigenvalue weighted by atomic mass is 9.87. The molecule has 0 radical (unpaired) electrons. The van der Waals surface area contributed by atoms with Crippen LogP contribution in [0.2, 0.25) is 5.02 Å². The zero-order valence-electron chi connectivity index (χ0n) is 11.4. The summed E-state index contributed by atoms with van der Waals surface area (Å²) in [7, 11) is 0. The van der Waals surface area contributed by atoms with E-state index in [0.29, 0.717) is 22.7 Å². The highest BCUT2D eigenvalue weighted by Gasteiger charge is 2.38. The van der Waals surface area contributed by atoms with Crippen LogP contribution in [0.4, 0.5) is 10.1 Å². The molecule has 0 fully saturated rings. The molecule has 3 nitrogen and oxygen atoms in total. The predicted octanol–water partition coefficient (Wildman–Crippen LogP) is 4.28. The third kappa shape index (κ3) is 3.16. The van der Waals surface area contributed by atoms with Gasteiger partial charge >= 0.3 is 5.97 Å². The van der Waals surface area contributed by atoms with Crippen molar-refractivity contribution in [1.29, 1.82) is 0 Å². The average molecular weight is 308 g/mol. The van der Waals surface area contributed by atoms with Crippen molar-refractivity contribution < 1.29 is 14.3 Å². The Morgan fingerprint density at radius 3 is 2.48 bits per heavy atom. The third-order valence-corrected chi connectivity index (χ3v) is 3.65. The lowest BCUT2D eigenvalue weighted by Crippen LogP contribution is -2.43. The number of hydrogen-bond donors (Lipinski definition) is 2. The van der Waals surface area contributed by atoms with Crippen LogP contribution in [-0.4, -0.2) is 11.1 Å². The first-order valence-electron chi connectivity index (χ1n) is 6.51. The number of carboxylic acid groups (broad SMARTS) is 1. The number of hydrogen-bond acceptors (Lipinski definition) is 2. The van der Waals surface area contributed by atoms with Gasteiger partial charge in [-0.25, -0.2) is 9.18 Å². The van der Waals surface area contributed by atoms with E-state index < -0.39 is 17.3 Å².